The molecule has 1 aliphatic rings. The number of fused-ring (bicyclic) bond motifs is 12. The smallest absolute Gasteiger partial charge is 0.146 e. The van der Waals surface area contributed by atoms with Crippen molar-refractivity contribution in [2.75, 3.05) is 0 Å². The summed E-state index contributed by atoms with van der Waals surface area (Å²) in [5, 5.41) is 4.48. The first kappa shape index (κ1) is 30.0. The number of para-hydroxylation sites is 2. The quantitative estimate of drug-likeness (QED) is 0.181. The number of pyridine rings is 2. The molecule has 0 fully saturated rings. The second-order valence-electron chi connectivity index (χ2n) is 13.4. The van der Waals surface area contributed by atoms with Gasteiger partial charge in [0, 0.05) is 49.3 Å². The topological polar surface area (TPSA) is 43.9 Å². The number of rotatable bonds is 2. The van der Waals surface area contributed by atoms with Crippen molar-refractivity contribution in [2.24, 2.45) is 0 Å². The molecule has 6 aromatic carbocycles. The Morgan fingerprint density at radius 1 is 0.472 bits per heavy atom. The Morgan fingerprint density at radius 2 is 1.25 bits per heavy atom. The Balaban J connectivity index is 1.16. The van der Waals surface area contributed by atoms with Gasteiger partial charge in [-0.25, -0.2) is 9.97 Å². The van der Waals surface area contributed by atoms with E-state index in [2.05, 4.69) is 149 Å². The van der Waals surface area contributed by atoms with Gasteiger partial charge in [-0.1, -0.05) is 121 Å². The van der Waals surface area contributed by atoms with Crippen LogP contribution in [0.4, 0.5) is 0 Å². The van der Waals surface area contributed by atoms with Crippen molar-refractivity contribution in [2.45, 2.75) is 9.79 Å². The Morgan fingerprint density at radius 3 is 2.15 bits per heavy atom. The SMILES string of the molecule is C1=C\c2ccc(-c3cnc4c(c3)c3ccccc3n4-c3ccccn3)cc2-c2cc3oc4ccccc4c3cc2Sc2ccccc2-c2ccccc2/1. The van der Waals surface area contributed by atoms with E-state index in [0.29, 0.717) is 0 Å². The van der Waals surface area contributed by atoms with E-state index in [-0.39, 0.29) is 0 Å². The first-order valence-corrected chi connectivity index (χ1v) is 18.5. The molecular weight excluding hydrogens is 667 g/mol. The molecule has 53 heavy (non-hydrogen) atoms. The monoisotopic (exact) mass is 695 g/mol. The molecule has 0 amide bonds. The molecular formula is C48H29N3OS. The van der Waals surface area contributed by atoms with E-state index in [1.54, 1.807) is 0 Å². The van der Waals surface area contributed by atoms with Crippen LogP contribution in [0.3, 0.4) is 0 Å². The Labute approximate surface area is 309 Å². The van der Waals surface area contributed by atoms with Crippen molar-refractivity contribution in [3.05, 3.63) is 175 Å². The molecule has 0 spiro atoms. The van der Waals surface area contributed by atoms with Gasteiger partial charge in [-0.05, 0) is 93.5 Å². The van der Waals surface area contributed by atoms with Gasteiger partial charge in [0.15, 0.2) is 0 Å². The highest BCUT2D eigenvalue weighted by Gasteiger charge is 2.20. The van der Waals surface area contributed by atoms with Gasteiger partial charge < -0.3 is 4.42 Å². The van der Waals surface area contributed by atoms with Crippen molar-refractivity contribution >= 4 is 67.8 Å². The maximum absolute atomic E-state index is 6.50. The molecule has 1 aliphatic heterocycles. The summed E-state index contributed by atoms with van der Waals surface area (Å²) in [6, 6.07) is 53.8. The summed E-state index contributed by atoms with van der Waals surface area (Å²) >= 11 is 1.82. The standard InChI is InChI=1S/C48H29N3OS/c1-2-12-34-30(11-1)20-21-31-22-23-32(33-26-41-35-13-3-6-16-42(35)51(48(41)50-29-33)47-19-9-10-24-49-47)25-38(31)40-27-44-39(36-14-4-7-17-43(36)52-44)28-46(40)53-45-18-8-5-15-37(34)45/h1-29H/b21-20-. The molecule has 4 nitrogen and oxygen atoms in total. The van der Waals surface area contributed by atoms with E-state index < -0.39 is 0 Å². The van der Waals surface area contributed by atoms with E-state index in [4.69, 9.17) is 9.40 Å². The van der Waals surface area contributed by atoms with Crippen LogP contribution in [-0.4, -0.2) is 14.5 Å². The zero-order valence-corrected chi connectivity index (χ0v) is 29.2. The molecule has 5 heterocycles. The molecule has 0 saturated heterocycles. The van der Waals surface area contributed by atoms with E-state index in [0.717, 1.165) is 77.5 Å². The maximum atomic E-state index is 6.50. The fourth-order valence-corrected chi connectivity index (χ4v) is 8.97. The predicted octanol–water partition coefficient (Wildman–Crippen LogP) is 13.1. The highest BCUT2D eigenvalue weighted by atomic mass is 32.2. The van der Waals surface area contributed by atoms with Crippen LogP contribution >= 0.6 is 11.8 Å². The normalized spacial score (nSPS) is 13.0. The zero-order chi connectivity index (χ0) is 34.9. The lowest BCUT2D eigenvalue weighted by atomic mass is 9.93. The minimum atomic E-state index is 0.851. The molecule has 248 valence electrons. The first-order valence-electron chi connectivity index (χ1n) is 17.7. The van der Waals surface area contributed by atoms with E-state index in [1.807, 2.05) is 48.4 Å². The molecule has 0 saturated carbocycles. The predicted molar refractivity (Wildman–Crippen MR) is 219 cm³/mol. The highest BCUT2D eigenvalue weighted by molar-refractivity contribution is 7.99. The number of furan rings is 1. The van der Waals surface area contributed by atoms with Crippen LogP contribution in [0.25, 0.3) is 95.2 Å². The molecule has 0 unspecified atom stereocenters. The van der Waals surface area contributed by atoms with E-state index in [9.17, 15) is 0 Å². The minimum absolute atomic E-state index is 0.851. The largest absolute Gasteiger partial charge is 0.456 e. The summed E-state index contributed by atoms with van der Waals surface area (Å²) in [5.41, 5.74) is 12.9. The summed E-state index contributed by atoms with van der Waals surface area (Å²) in [6.45, 7) is 0. The average molecular weight is 696 g/mol. The minimum Gasteiger partial charge on any atom is -0.456 e. The summed E-state index contributed by atoms with van der Waals surface area (Å²) in [4.78, 5) is 12.2. The van der Waals surface area contributed by atoms with Crippen LogP contribution in [0.5, 0.6) is 0 Å². The summed E-state index contributed by atoms with van der Waals surface area (Å²) in [5.74, 6) is 0.851. The summed E-state index contributed by atoms with van der Waals surface area (Å²) in [7, 11) is 0. The van der Waals surface area contributed by atoms with Gasteiger partial charge in [0.05, 0.1) is 5.52 Å². The van der Waals surface area contributed by atoms with Gasteiger partial charge in [-0.3, -0.25) is 4.57 Å². The highest BCUT2D eigenvalue weighted by Crippen LogP contribution is 2.47. The molecule has 0 N–H and O–H groups in total. The summed E-state index contributed by atoms with van der Waals surface area (Å²) < 4.78 is 8.65. The third kappa shape index (κ3) is 4.85. The number of benzene rings is 6. The molecule has 11 rings (SSSR count). The zero-order valence-electron chi connectivity index (χ0n) is 28.4. The molecule has 0 atom stereocenters. The van der Waals surface area contributed by atoms with Gasteiger partial charge in [-0.15, -0.1) is 0 Å². The molecule has 0 aliphatic carbocycles. The molecule has 0 radical (unpaired) electrons. The number of hydrogen-bond acceptors (Lipinski definition) is 4. The van der Waals surface area contributed by atoms with Crippen LogP contribution in [0.15, 0.2) is 178 Å². The number of nitrogens with zero attached hydrogens (tertiary/aromatic N) is 3. The van der Waals surface area contributed by atoms with Gasteiger partial charge >= 0.3 is 0 Å². The van der Waals surface area contributed by atoms with Crippen molar-refractivity contribution in [3.8, 4) is 39.2 Å². The van der Waals surface area contributed by atoms with Crippen molar-refractivity contribution in [1.82, 2.24) is 14.5 Å². The van der Waals surface area contributed by atoms with Gasteiger partial charge in [0.1, 0.15) is 22.6 Å². The lowest BCUT2D eigenvalue weighted by molar-refractivity contribution is 0.669. The molecule has 0 bridgehead atoms. The van der Waals surface area contributed by atoms with Crippen molar-refractivity contribution < 1.29 is 4.42 Å². The lowest BCUT2D eigenvalue weighted by Gasteiger charge is -2.16. The summed E-state index contributed by atoms with van der Waals surface area (Å²) in [6.07, 6.45) is 8.33. The Hall–Kier alpha value is -6.69. The second-order valence-corrected chi connectivity index (χ2v) is 14.5. The third-order valence-corrected chi connectivity index (χ3v) is 11.5. The third-order valence-electron chi connectivity index (χ3n) is 10.3. The van der Waals surface area contributed by atoms with Crippen molar-refractivity contribution in [3.63, 3.8) is 0 Å². The van der Waals surface area contributed by atoms with Crippen LogP contribution in [0.1, 0.15) is 11.1 Å². The molecule has 4 aromatic heterocycles. The number of aromatic nitrogens is 3. The second kappa shape index (κ2) is 11.9. The van der Waals surface area contributed by atoms with Gasteiger partial charge in [-0.2, -0.15) is 0 Å². The van der Waals surface area contributed by atoms with Gasteiger partial charge in [0.2, 0.25) is 0 Å². The first-order chi connectivity index (χ1) is 26.3. The van der Waals surface area contributed by atoms with Crippen LogP contribution in [0, 0.1) is 0 Å². The fourth-order valence-electron chi connectivity index (χ4n) is 7.84. The lowest BCUT2D eigenvalue weighted by Crippen LogP contribution is -1.97. The van der Waals surface area contributed by atoms with Crippen LogP contribution < -0.4 is 0 Å². The van der Waals surface area contributed by atoms with E-state index >= 15 is 0 Å². The van der Waals surface area contributed by atoms with Crippen LogP contribution in [-0.2, 0) is 0 Å². The van der Waals surface area contributed by atoms with E-state index in [1.165, 1.54) is 26.5 Å². The van der Waals surface area contributed by atoms with Crippen molar-refractivity contribution in [1.29, 1.82) is 0 Å². The average Bonchev–Trinajstić information content (AvgIpc) is 3.74. The molecule has 5 heteroatoms. The maximum Gasteiger partial charge on any atom is 0.146 e. The van der Waals surface area contributed by atoms with Crippen LogP contribution in [0.2, 0.25) is 0 Å². The Bertz CT molecular complexity index is 3100. The van der Waals surface area contributed by atoms with Gasteiger partial charge in [0.25, 0.3) is 0 Å². The number of hydrogen-bond donors (Lipinski definition) is 0. The molecule has 10 aromatic rings. The fraction of sp³-hybridized carbons (Fsp3) is 0. The Kier molecular flexibility index (Phi) is 6.76.